The van der Waals surface area contributed by atoms with Crippen molar-refractivity contribution in [3.8, 4) is 5.75 Å². The van der Waals surface area contributed by atoms with Gasteiger partial charge in [0, 0.05) is 35.7 Å². The molecule has 1 aromatic rings. The van der Waals surface area contributed by atoms with Crippen molar-refractivity contribution in [1.29, 1.82) is 0 Å². The zero-order valence-corrected chi connectivity index (χ0v) is 22.2. The highest BCUT2D eigenvalue weighted by atomic mass is 19.2. The Morgan fingerprint density at radius 1 is 1.13 bits per heavy atom. The molecule has 0 radical (unpaired) electrons. The molecule has 0 amide bonds. The van der Waals surface area contributed by atoms with Gasteiger partial charge in [-0.1, -0.05) is 20.8 Å². The number of phenols is 1. The summed E-state index contributed by atoms with van der Waals surface area (Å²) in [4.78, 5) is 40.0. The molecular weight excluding hydrogens is 518 g/mol. The number of Topliss-reactive ketones (excluding diaryl/α,β-unsaturated/α-hetero) is 2. The number of ketones is 2. The third-order valence-electron chi connectivity index (χ3n) is 7.79. The molecule has 212 valence electrons. The van der Waals surface area contributed by atoms with Crippen LogP contribution >= 0.6 is 0 Å². The van der Waals surface area contributed by atoms with Gasteiger partial charge in [-0.2, -0.15) is 0 Å². The number of allylic oxidation sites excluding steroid dienone is 1. The molecule has 0 bridgehead atoms. The maximum Gasteiger partial charge on any atom is 0.342 e. The van der Waals surface area contributed by atoms with E-state index in [4.69, 9.17) is 0 Å². The molecule has 1 unspecified atom stereocenters. The van der Waals surface area contributed by atoms with Crippen LogP contribution in [0.5, 0.6) is 5.75 Å². The highest BCUT2D eigenvalue weighted by Gasteiger charge is 2.63. The minimum atomic E-state index is -2.89. The van der Waals surface area contributed by atoms with Crippen molar-refractivity contribution in [2.75, 3.05) is 20.6 Å². The molecule has 10 nitrogen and oxygen atoms in total. The molecule has 0 aromatic heterocycles. The molecule has 39 heavy (non-hydrogen) atoms. The van der Waals surface area contributed by atoms with E-state index in [9.17, 15) is 39.9 Å². The topological polar surface area (TPSA) is 168 Å². The van der Waals surface area contributed by atoms with E-state index < -0.39 is 97.8 Å². The van der Waals surface area contributed by atoms with Gasteiger partial charge in [0.15, 0.2) is 23.0 Å². The highest BCUT2D eigenvalue weighted by Crippen LogP contribution is 2.53. The van der Waals surface area contributed by atoms with Gasteiger partial charge in [-0.15, -0.1) is 0 Å². The Bertz CT molecular complexity index is 1360. The molecule has 4 atom stereocenters. The van der Waals surface area contributed by atoms with Crippen molar-refractivity contribution in [3.05, 3.63) is 51.0 Å². The minimum absolute atomic E-state index is 0.221. The van der Waals surface area contributed by atoms with Crippen LogP contribution in [0, 0.1) is 28.9 Å². The van der Waals surface area contributed by atoms with Gasteiger partial charge >= 0.3 is 5.97 Å². The van der Waals surface area contributed by atoms with Crippen LogP contribution in [0.3, 0.4) is 0 Å². The molecule has 0 spiro atoms. The van der Waals surface area contributed by atoms with Crippen LogP contribution in [0.4, 0.5) is 8.78 Å². The zero-order chi connectivity index (χ0) is 29.4. The molecule has 0 fully saturated rings. The number of aliphatic hydroxyl groups excluding tert-OH is 2. The summed E-state index contributed by atoms with van der Waals surface area (Å²) in [6, 6.07) is -1.26. The fourth-order valence-corrected chi connectivity index (χ4v) is 6.05. The van der Waals surface area contributed by atoms with Crippen molar-refractivity contribution in [3.63, 3.8) is 0 Å². The fourth-order valence-electron chi connectivity index (χ4n) is 6.05. The number of carboxylic acids is 1. The maximum atomic E-state index is 15.3. The van der Waals surface area contributed by atoms with Gasteiger partial charge in [-0.3, -0.25) is 14.5 Å². The van der Waals surface area contributed by atoms with Gasteiger partial charge in [-0.25, -0.2) is 13.6 Å². The number of hydrogen-bond donors (Lipinski definition) is 6. The van der Waals surface area contributed by atoms with Gasteiger partial charge in [-0.05, 0) is 38.3 Å². The number of rotatable bonds is 5. The van der Waals surface area contributed by atoms with Gasteiger partial charge in [0.25, 0.3) is 0 Å². The summed E-state index contributed by atoms with van der Waals surface area (Å²) in [5.41, 5.74) is -6.22. The standard InChI is InChI=1S/C27H32F2N2O8/c1-26(2,3)9-30-8-12-18(29)17(28)11-6-10-7-13-19(31(4)5)22(34)16(25(37)38)24(36)27(13,39)23(35)14(10)21(33)15(11)20(12)32/h10,13,19,30,32,34-35,39H,6-9H2,1-5H3,(H,37,38)/t10?,13-,19-,27-/m0/s1. The Morgan fingerprint density at radius 2 is 1.74 bits per heavy atom. The van der Waals surface area contributed by atoms with Gasteiger partial charge in [0.1, 0.15) is 22.8 Å². The van der Waals surface area contributed by atoms with Crippen molar-refractivity contribution >= 4 is 17.5 Å². The molecule has 0 saturated carbocycles. The number of aromatic hydroxyl groups is 1. The van der Waals surface area contributed by atoms with E-state index in [1.54, 1.807) is 0 Å². The summed E-state index contributed by atoms with van der Waals surface area (Å²) < 4.78 is 30.4. The van der Waals surface area contributed by atoms with Crippen molar-refractivity contribution in [1.82, 2.24) is 10.2 Å². The Balaban J connectivity index is 1.88. The number of carbonyl (C=O) groups excluding carboxylic acids is 2. The lowest BCUT2D eigenvalue weighted by atomic mass is 9.58. The Labute approximate surface area is 223 Å². The lowest BCUT2D eigenvalue weighted by molar-refractivity contribution is -0.151. The smallest absolute Gasteiger partial charge is 0.342 e. The third-order valence-corrected chi connectivity index (χ3v) is 7.79. The van der Waals surface area contributed by atoms with Crippen molar-refractivity contribution in [2.24, 2.45) is 17.3 Å². The van der Waals surface area contributed by atoms with E-state index in [1.807, 2.05) is 20.8 Å². The first kappa shape index (κ1) is 28.7. The number of carboxylic acid groups (broad SMARTS) is 1. The van der Waals surface area contributed by atoms with Crippen LogP contribution in [0.2, 0.25) is 0 Å². The van der Waals surface area contributed by atoms with Gasteiger partial charge in [0.05, 0.1) is 11.6 Å². The van der Waals surface area contributed by atoms with Crippen LogP contribution in [0.1, 0.15) is 48.7 Å². The molecule has 0 heterocycles. The third kappa shape index (κ3) is 4.21. The Kier molecular flexibility index (Phi) is 6.90. The number of phenolic OH excluding ortho intramolecular Hbond substituents is 1. The number of aliphatic hydroxyl groups is 3. The van der Waals surface area contributed by atoms with Crippen LogP contribution in [0.25, 0.3) is 0 Å². The SMILES string of the molecule is CN(C)[C@@H]1C(O)=C(C(=O)O)C(=O)[C@@]2(O)C(O)=C3C(=O)c4c(O)c(CNCC(C)(C)C)c(F)c(F)c4CC3C[C@@H]12. The number of halogens is 2. The quantitative estimate of drug-likeness (QED) is 0.299. The molecular formula is C27H32F2N2O8. The number of carbonyl (C=O) groups is 3. The normalized spacial score (nSPS) is 27.1. The monoisotopic (exact) mass is 550 g/mol. The molecule has 1 aromatic carbocycles. The summed E-state index contributed by atoms with van der Waals surface area (Å²) in [6.07, 6.45) is -0.618. The second-order valence-corrected chi connectivity index (χ2v) is 11.9. The number of aliphatic carboxylic acids is 1. The second-order valence-electron chi connectivity index (χ2n) is 11.9. The second kappa shape index (κ2) is 9.39. The number of nitrogens with one attached hydrogen (secondary N) is 1. The van der Waals surface area contributed by atoms with E-state index in [-0.39, 0.29) is 24.8 Å². The van der Waals surface area contributed by atoms with E-state index in [0.717, 1.165) is 0 Å². The summed E-state index contributed by atoms with van der Waals surface area (Å²) >= 11 is 0. The van der Waals surface area contributed by atoms with Crippen molar-refractivity contribution < 1.29 is 48.7 Å². The molecule has 6 N–H and O–H groups in total. The first-order valence-corrected chi connectivity index (χ1v) is 12.5. The van der Waals surface area contributed by atoms with Crippen LogP contribution < -0.4 is 5.32 Å². The Hall–Kier alpha value is -3.35. The molecule has 12 heteroatoms. The number of nitrogens with zero attached hydrogens (tertiary/aromatic N) is 1. The Morgan fingerprint density at radius 3 is 2.28 bits per heavy atom. The number of benzene rings is 1. The van der Waals surface area contributed by atoms with Crippen LogP contribution in [0.15, 0.2) is 22.7 Å². The number of likely N-dealkylation sites (N-methyl/N-ethyl adjacent to an activating group) is 1. The van der Waals surface area contributed by atoms with Crippen LogP contribution in [-0.2, 0) is 22.6 Å². The lowest BCUT2D eigenvalue weighted by Crippen LogP contribution is -2.63. The summed E-state index contributed by atoms with van der Waals surface area (Å²) in [5, 5.41) is 56.8. The lowest BCUT2D eigenvalue weighted by Gasteiger charge is -2.50. The molecule has 3 aliphatic carbocycles. The van der Waals surface area contributed by atoms with Crippen molar-refractivity contribution in [2.45, 2.75) is 51.8 Å². The fraction of sp³-hybridized carbons (Fsp3) is 0.519. The highest BCUT2D eigenvalue weighted by molar-refractivity contribution is 6.23. The van der Waals surface area contributed by atoms with Gasteiger partial charge in [0.2, 0.25) is 5.78 Å². The number of fused-ring (bicyclic) bond motifs is 3. The molecule has 4 rings (SSSR count). The van der Waals surface area contributed by atoms with E-state index in [1.165, 1.54) is 19.0 Å². The molecule has 0 saturated heterocycles. The van der Waals surface area contributed by atoms with E-state index >= 15 is 8.78 Å². The predicted molar refractivity (Wildman–Crippen MR) is 133 cm³/mol. The predicted octanol–water partition coefficient (Wildman–Crippen LogP) is 2.13. The summed E-state index contributed by atoms with van der Waals surface area (Å²) in [6.45, 7) is 5.79. The summed E-state index contributed by atoms with van der Waals surface area (Å²) in [7, 11) is 2.91. The van der Waals surface area contributed by atoms with E-state index in [0.29, 0.717) is 6.54 Å². The average molecular weight is 551 g/mol. The first-order valence-electron chi connectivity index (χ1n) is 12.5. The molecule has 0 aliphatic heterocycles. The van der Waals surface area contributed by atoms with Gasteiger partial charge < -0.3 is 30.8 Å². The van der Waals surface area contributed by atoms with E-state index in [2.05, 4.69) is 5.32 Å². The minimum Gasteiger partial charge on any atom is -0.510 e. The zero-order valence-electron chi connectivity index (χ0n) is 22.2. The van der Waals surface area contributed by atoms with Crippen LogP contribution in [-0.4, -0.2) is 80.3 Å². The maximum absolute atomic E-state index is 15.3. The number of hydrogen-bond acceptors (Lipinski definition) is 9. The molecule has 3 aliphatic rings. The first-order chi connectivity index (χ1) is 17.9. The largest absolute Gasteiger partial charge is 0.510 e. The summed E-state index contributed by atoms with van der Waals surface area (Å²) in [5.74, 6) is -12.2. The average Bonchev–Trinajstić information content (AvgIpc) is 2.80.